The maximum absolute atomic E-state index is 9.12. The van der Waals surface area contributed by atoms with Gasteiger partial charge in [-0.3, -0.25) is 4.90 Å². The Morgan fingerprint density at radius 2 is 2.24 bits per heavy atom. The Hall–Kier alpha value is -0.900. The van der Waals surface area contributed by atoms with Gasteiger partial charge in [0.1, 0.15) is 0 Å². The van der Waals surface area contributed by atoms with E-state index in [1.807, 2.05) is 0 Å². The first-order valence-electron chi connectivity index (χ1n) is 6.39. The van der Waals surface area contributed by atoms with Gasteiger partial charge in [-0.15, -0.1) is 0 Å². The Morgan fingerprint density at radius 3 is 3.06 bits per heavy atom. The summed E-state index contributed by atoms with van der Waals surface area (Å²) >= 11 is 0. The Labute approximate surface area is 102 Å². The molecule has 1 aromatic carbocycles. The fourth-order valence-electron chi connectivity index (χ4n) is 2.89. The largest absolute Gasteiger partial charge is 0.394 e. The lowest BCUT2D eigenvalue weighted by Crippen LogP contribution is -2.46. The van der Waals surface area contributed by atoms with Crippen LogP contribution in [0.2, 0.25) is 0 Å². The molecule has 0 amide bonds. The number of aliphatic hydroxyl groups is 1. The number of ether oxygens (including phenoxy) is 1. The first-order chi connectivity index (χ1) is 8.36. The van der Waals surface area contributed by atoms with Gasteiger partial charge >= 0.3 is 0 Å². The van der Waals surface area contributed by atoms with E-state index in [-0.39, 0.29) is 12.7 Å². The van der Waals surface area contributed by atoms with E-state index in [1.54, 1.807) is 0 Å². The zero-order valence-electron chi connectivity index (χ0n) is 10.0. The molecule has 1 aliphatic heterocycles. The van der Waals surface area contributed by atoms with E-state index in [2.05, 4.69) is 29.2 Å². The van der Waals surface area contributed by atoms with Crippen molar-refractivity contribution in [1.29, 1.82) is 0 Å². The molecule has 3 nitrogen and oxygen atoms in total. The number of hydrogen-bond donors (Lipinski definition) is 1. The average Bonchev–Trinajstić information content (AvgIpc) is 2.36. The van der Waals surface area contributed by atoms with Crippen molar-refractivity contribution < 1.29 is 9.84 Å². The normalized spacial score (nSPS) is 28.5. The van der Waals surface area contributed by atoms with Crippen LogP contribution in [0.5, 0.6) is 0 Å². The van der Waals surface area contributed by atoms with Crippen molar-refractivity contribution in [2.24, 2.45) is 0 Å². The summed E-state index contributed by atoms with van der Waals surface area (Å²) in [5, 5.41) is 9.12. The molecule has 0 saturated carbocycles. The van der Waals surface area contributed by atoms with Gasteiger partial charge in [-0.05, 0) is 17.5 Å². The zero-order chi connectivity index (χ0) is 11.7. The summed E-state index contributed by atoms with van der Waals surface area (Å²) in [7, 11) is 0. The maximum Gasteiger partial charge on any atom is 0.0932 e. The Balaban J connectivity index is 1.59. The van der Waals surface area contributed by atoms with E-state index < -0.39 is 0 Å². The molecule has 17 heavy (non-hydrogen) atoms. The number of nitrogens with zero attached hydrogens (tertiary/aromatic N) is 1. The number of fused-ring (bicyclic) bond motifs is 1. The van der Waals surface area contributed by atoms with Crippen LogP contribution in [0.3, 0.4) is 0 Å². The van der Waals surface area contributed by atoms with Crippen LogP contribution in [0.4, 0.5) is 0 Å². The molecule has 0 aromatic heterocycles. The molecule has 1 fully saturated rings. The van der Waals surface area contributed by atoms with Gasteiger partial charge < -0.3 is 9.84 Å². The van der Waals surface area contributed by atoms with Crippen molar-refractivity contribution in [2.45, 2.75) is 18.4 Å². The molecule has 0 bridgehead atoms. The molecule has 2 aliphatic rings. The molecule has 0 radical (unpaired) electrons. The second-order valence-corrected chi connectivity index (χ2v) is 5.03. The number of aliphatic hydroxyl groups excluding tert-OH is 1. The van der Waals surface area contributed by atoms with Gasteiger partial charge in [-0.25, -0.2) is 0 Å². The van der Waals surface area contributed by atoms with Crippen molar-refractivity contribution in [2.75, 3.05) is 32.8 Å². The molecule has 1 saturated heterocycles. The van der Waals surface area contributed by atoms with Gasteiger partial charge in [0.25, 0.3) is 0 Å². The van der Waals surface area contributed by atoms with Crippen LogP contribution < -0.4 is 0 Å². The molecule has 92 valence electrons. The topological polar surface area (TPSA) is 32.7 Å². The minimum atomic E-state index is 0.0130. The van der Waals surface area contributed by atoms with Gasteiger partial charge in [0.15, 0.2) is 0 Å². The van der Waals surface area contributed by atoms with Crippen LogP contribution in [0, 0.1) is 0 Å². The third-order valence-corrected chi connectivity index (χ3v) is 3.87. The van der Waals surface area contributed by atoms with Crippen LogP contribution in [0.15, 0.2) is 24.3 Å². The van der Waals surface area contributed by atoms with Gasteiger partial charge in [-0.1, -0.05) is 24.3 Å². The summed E-state index contributed by atoms with van der Waals surface area (Å²) in [5.41, 5.74) is 3.02. The molecule has 1 aromatic rings. The van der Waals surface area contributed by atoms with E-state index in [4.69, 9.17) is 9.84 Å². The summed E-state index contributed by atoms with van der Waals surface area (Å²) in [4.78, 5) is 2.42. The fraction of sp³-hybridized carbons (Fsp3) is 0.571. The van der Waals surface area contributed by atoms with E-state index in [9.17, 15) is 0 Å². The number of morpholine rings is 1. The number of hydrogen-bond acceptors (Lipinski definition) is 3. The summed E-state index contributed by atoms with van der Waals surface area (Å²) in [6.45, 7) is 3.86. The third kappa shape index (κ3) is 2.23. The molecule has 2 atom stereocenters. The fourth-order valence-corrected chi connectivity index (χ4v) is 2.89. The third-order valence-electron chi connectivity index (χ3n) is 3.87. The van der Waals surface area contributed by atoms with Crippen molar-refractivity contribution in [1.82, 2.24) is 4.90 Å². The van der Waals surface area contributed by atoms with Gasteiger partial charge in [0.05, 0.1) is 19.3 Å². The first-order valence-corrected chi connectivity index (χ1v) is 6.39. The minimum absolute atomic E-state index is 0.0130. The van der Waals surface area contributed by atoms with Crippen LogP contribution >= 0.6 is 0 Å². The zero-order valence-corrected chi connectivity index (χ0v) is 10.0. The second-order valence-electron chi connectivity index (χ2n) is 5.03. The molecule has 1 N–H and O–H groups in total. The highest BCUT2D eigenvalue weighted by atomic mass is 16.5. The van der Waals surface area contributed by atoms with E-state index in [1.165, 1.54) is 17.5 Å². The van der Waals surface area contributed by atoms with Crippen LogP contribution in [-0.4, -0.2) is 49.0 Å². The highest BCUT2D eigenvalue weighted by Gasteiger charge is 2.29. The molecule has 1 heterocycles. The predicted molar refractivity (Wildman–Crippen MR) is 66.2 cm³/mol. The second kappa shape index (κ2) is 4.77. The van der Waals surface area contributed by atoms with Crippen molar-refractivity contribution in [3.8, 4) is 0 Å². The molecular formula is C14H19NO2. The standard InChI is InChI=1S/C14H19NO2/c16-10-13-9-15(5-6-17-13)8-12-7-11-3-1-2-4-14(11)12/h1-4,12-13,16H,5-10H2. The quantitative estimate of drug-likeness (QED) is 0.846. The van der Waals surface area contributed by atoms with Crippen molar-refractivity contribution in [3.63, 3.8) is 0 Å². The molecule has 3 heteroatoms. The molecule has 3 rings (SSSR count). The summed E-state index contributed by atoms with van der Waals surface area (Å²) < 4.78 is 5.47. The summed E-state index contributed by atoms with van der Waals surface area (Å²) in [6.07, 6.45) is 1.22. The number of rotatable bonds is 3. The Kier molecular flexibility index (Phi) is 3.14. The van der Waals surface area contributed by atoms with Crippen LogP contribution in [0.25, 0.3) is 0 Å². The van der Waals surface area contributed by atoms with Gasteiger partial charge in [-0.2, -0.15) is 0 Å². The monoisotopic (exact) mass is 233 g/mol. The molecule has 0 spiro atoms. The summed E-state index contributed by atoms with van der Waals surface area (Å²) in [6, 6.07) is 8.71. The van der Waals surface area contributed by atoms with Crippen LogP contribution in [-0.2, 0) is 11.2 Å². The predicted octanol–water partition coefficient (Wildman–Crippen LogP) is 1.02. The highest BCUT2D eigenvalue weighted by molar-refractivity contribution is 5.40. The Morgan fingerprint density at radius 1 is 1.35 bits per heavy atom. The van der Waals surface area contributed by atoms with Gasteiger partial charge in [0, 0.05) is 25.6 Å². The van der Waals surface area contributed by atoms with Gasteiger partial charge in [0.2, 0.25) is 0 Å². The van der Waals surface area contributed by atoms with Crippen molar-refractivity contribution >= 4 is 0 Å². The lowest BCUT2D eigenvalue weighted by atomic mass is 9.77. The lowest BCUT2D eigenvalue weighted by Gasteiger charge is -2.38. The lowest BCUT2D eigenvalue weighted by molar-refractivity contribution is -0.0544. The Bertz CT molecular complexity index is 394. The van der Waals surface area contributed by atoms with Crippen LogP contribution in [0.1, 0.15) is 17.0 Å². The molecule has 2 unspecified atom stereocenters. The smallest absolute Gasteiger partial charge is 0.0932 e. The van der Waals surface area contributed by atoms with E-state index in [0.29, 0.717) is 5.92 Å². The van der Waals surface area contributed by atoms with E-state index in [0.717, 1.165) is 26.2 Å². The number of benzene rings is 1. The molecular weight excluding hydrogens is 214 g/mol. The molecule has 1 aliphatic carbocycles. The minimum Gasteiger partial charge on any atom is -0.394 e. The first kappa shape index (κ1) is 11.2. The van der Waals surface area contributed by atoms with E-state index >= 15 is 0 Å². The highest BCUT2D eigenvalue weighted by Crippen LogP contribution is 2.35. The summed E-state index contributed by atoms with van der Waals surface area (Å²) in [5.74, 6) is 0.684. The SMILES string of the molecule is OCC1CN(CC2Cc3ccccc32)CCO1. The maximum atomic E-state index is 9.12. The van der Waals surface area contributed by atoms with Crippen molar-refractivity contribution in [3.05, 3.63) is 35.4 Å². The average molecular weight is 233 g/mol.